The number of aryl methyl sites for hydroxylation is 1. The van der Waals surface area contributed by atoms with Gasteiger partial charge >= 0.3 is 0 Å². The van der Waals surface area contributed by atoms with E-state index in [4.69, 9.17) is 0 Å². The van der Waals surface area contributed by atoms with Gasteiger partial charge in [0.25, 0.3) is 0 Å². The molecule has 0 aromatic heterocycles. The lowest BCUT2D eigenvalue weighted by molar-refractivity contribution is -0.118. The number of amides is 1. The quantitative estimate of drug-likeness (QED) is 0.914. The monoisotopic (exact) mass is 268 g/mol. The van der Waals surface area contributed by atoms with Crippen LogP contribution in [0.15, 0.2) is 24.3 Å². The van der Waals surface area contributed by atoms with Gasteiger partial charge in [-0.05, 0) is 38.4 Å². The molecule has 1 fully saturated rings. The lowest BCUT2D eigenvalue weighted by atomic mass is 10.1. The first kappa shape index (κ1) is 15.0. The van der Waals surface area contributed by atoms with Crippen molar-refractivity contribution in [2.75, 3.05) is 18.5 Å². The third-order valence-corrected chi connectivity index (χ3v) is 3.38. The fraction of sp³-hybridized carbons (Fsp3) is 0.500. The Morgan fingerprint density at radius 2 is 2.06 bits per heavy atom. The first-order chi connectivity index (χ1) is 8.16. The van der Waals surface area contributed by atoms with Gasteiger partial charge in [0.2, 0.25) is 5.91 Å². The zero-order valence-corrected chi connectivity index (χ0v) is 11.8. The van der Waals surface area contributed by atoms with Crippen LogP contribution in [0.1, 0.15) is 24.8 Å². The summed E-state index contributed by atoms with van der Waals surface area (Å²) in [6.07, 6.45) is 2.91. The molecule has 0 saturated carbocycles. The highest BCUT2D eigenvalue weighted by Crippen LogP contribution is 2.16. The molecular formula is C14H21ClN2O. The van der Waals surface area contributed by atoms with Crippen LogP contribution in [0, 0.1) is 6.92 Å². The van der Waals surface area contributed by atoms with Gasteiger partial charge in [-0.1, -0.05) is 17.7 Å². The number of halogens is 1. The summed E-state index contributed by atoms with van der Waals surface area (Å²) in [6.45, 7) is 3.10. The van der Waals surface area contributed by atoms with Crippen LogP contribution in [0.2, 0.25) is 0 Å². The summed E-state index contributed by atoms with van der Waals surface area (Å²) in [5.74, 6) is 0.188. The van der Waals surface area contributed by atoms with Gasteiger partial charge in [0, 0.05) is 25.2 Å². The molecule has 0 spiro atoms. The molecule has 1 amide bonds. The lowest BCUT2D eigenvalue weighted by Gasteiger charge is -2.19. The first-order valence-electron chi connectivity index (χ1n) is 6.23. The molecule has 18 heavy (non-hydrogen) atoms. The van der Waals surface area contributed by atoms with E-state index in [2.05, 4.69) is 5.32 Å². The fourth-order valence-electron chi connectivity index (χ4n) is 2.19. The topological polar surface area (TPSA) is 32.3 Å². The van der Waals surface area contributed by atoms with Crippen molar-refractivity contribution < 1.29 is 4.79 Å². The van der Waals surface area contributed by atoms with E-state index in [0.29, 0.717) is 12.5 Å². The van der Waals surface area contributed by atoms with Gasteiger partial charge in [-0.25, -0.2) is 0 Å². The van der Waals surface area contributed by atoms with E-state index in [0.717, 1.165) is 18.7 Å². The van der Waals surface area contributed by atoms with Gasteiger partial charge < -0.3 is 10.2 Å². The lowest BCUT2D eigenvalue weighted by Crippen LogP contribution is -2.33. The second-order valence-electron chi connectivity index (χ2n) is 4.79. The van der Waals surface area contributed by atoms with E-state index < -0.39 is 0 Å². The molecule has 1 aliphatic heterocycles. The molecule has 0 aliphatic carbocycles. The number of rotatable bonds is 3. The summed E-state index contributed by atoms with van der Waals surface area (Å²) >= 11 is 0. The number of benzene rings is 1. The Kier molecular flexibility index (Phi) is 5.63. The van der Waals surface area contributed by atoms with Gasteiger partial charge in [0.1, 0.15) is 0 Å². The summed E-state index contributed by atoms with van der Waals surface area (Å²) in [5, 5.41) is 3.36. The Balaban J connectivity index is 0.00000162. The molecule has 1 aliphatic rings. The van der Waals surface area contributed by atoms with E-state index >= 15 is 0 Å². The van der Waals surface area contributed by atoms with Crippen molar-refractivity contribution >= 4 is 24.0 Å². The molecular weight excluding hydrogens is 248 g/mol. The van der Waals surface area contributed by atoms with Crippen molar-refractivity contribution in [1.29, 1.82) is 0 Å². The van der Waals surface area contributed by atoms with Crippen molar-refractivity contribution in [3.8, 4) is 0 Å². The van der Waals surface area contributed by atoms with Crippen LogP contribution in [0.5, 0.6) is 0 Å². The van der Waals surface area contributed by atoms with Crippen LogP contribution in [-0.2, 0) is 4.79 Å². The van der Waals surface area contributed by atoms with E-state index in [1.807, 2.05) is 38.2 Å². The number of hydrogen-bond donors (Lipinski definition) is 1. The minimum atomic E-state index is 0. The third-order valence-electron chi connectivity index (χ3n) is 3.38. The van der Waals surface area contributed by atoms with E-state index in [9.17, 15) is 4.79 Å². The van der Waals surface area contributed by atoms with Gasteiger partial charge in [-0.15, -0.1) is 12.4 Å². The molecule has 1 N–H and O–H groups in total. The van der Waals surface area contributed by atoms with Gasteiger partial charge in [0.05, 0.1) is 0 Å². The molecule has 0 bridgehead atoms. The zero-order valence-electron chi connectivity index (χ0n) is 11.0. The standard InChI is InChI=1S/C14H20N2O.ClH/c1-11-5-7-13(8-6-11)16(2)14(17)10-12-4-3-9-15-12;/h5-8,12,15H,3-4,9-10H2,1-2H3;1H. The Morgan fingerprint density at radius 1 is 1.39 bits per heavy atom. The molecule has 100 valence electrons. The van der Waals surface area contributed by atoms with Crippen LogP contribution in [0.4, 0.5) is 5.69 Å². The van der Waals surface area contributed by atoms with Gasteiger partial charge in [-0.2, -0.15) is 0 Å². The average Bonchev–Trinajstić information content (AvgIpc) is 2.82. The van der Waals surface area contributed by atoms with Crippen molar-refractivity contribution in [2.45, 2.75) is 32.2 Å². The third kappa shape index (κ3) is 3.72. The zero-order chi connectivity index (χ0) is 12.3. The second kappa shape index (κ2) is 6.76. The van der Waals surface area contributed by atoms with Crippen molar-refractivity contribution in [3.05, 3.63) is 29.8 Å². The number of carbonyl (C=O) groups is 1. The Hall–Kier alpha value is -1.06. The fourth-order valence-corrected chi connectivity index (χ4v) is 2.19. The van der Waals surface area contributed by atoms with Crippen molar-refractivity contribution in [1.82, 2.24) is 5.32 Å². The molecule has 1 atom stereocenters. The van der Waals surface area contributed by atoms with Crippen LogP contribution in [0.25, 0.3) is 0 Å². The van der Waals surface area contributed by atoms with E-state index in [1.165, 1.54) is 12.0 Å². The second-order valence-corrected chi connectivity index (χ2v) is 4.79. The maximum Gasteiger partial charge on any atom is 0.228 e. The SMILES string of the molecule is Cc1ccc(N(C)C(=O)CC2CCCN2)cc1.Cl. The predicted molar refractivity (Wildman–Crippen MR) is 77.5 cm³/mol. The number of nitrogens with one attached hydrogen (secondary N) is 1. The van der Waals surface area contributed by atoms with Gasteiger partial charge in [-0.3, -0.25) is 4.79 Å². The minimum Gasteiger partial charge on any atom is -0.315 e. The molecule has 4 heteroatoms. The maximum atomic E-state index is 12.1. The highest BCUT2D eigenvalue weighted by atomic mass is 35.5. The summed E-state index contributed by atoms with van der Waals surface area (Å²) in [5.41, 5.74) is 2.19. The molecule has 1 aromatic carbocycles. The highest BCUT2D eigenvalue weighted by molar-refractivity contribution is 5.93. The van der Waals surface area contributed by atoms with Crippen LogP contribution >= 0.6 is 12.4 Å². The molecule has 1 unspecified atom stereocenters. The number of nitrogens with zero attached hydrogens (tertiary/aromatic N) is 1. The Labute approximate surface area is 115 Å². The molecule has 0 radical (unpaired) electrons. The Morgan fingerprint density at radius 3 is 2.61 bits per heavy atom. The molecule has 2 rings (SSSR count). The van der Waals surface area contributed by atoms with Crippen LogP contribution in [0.3, 0.4) is 0 Å². The van der Waals surface area contributed by atoms with Crippen molar-refractivity contribution in [3.63, 3.8) is 0 Å². The van der Waals surface area contributed by atoms with E-state index in [1.54, 1.807) is 4.90 Å². The number of hydrogen-bond acceptors (Lipinski definition) is 2. The van der Waals surface area contributed by atoms with Crippen LogP contribution < -0.4 is 10.2 Å². The largest absolute Gasteiger partial charge is 0.315 e. The molecule has 1 aromatic rings. The summed E-state index contributed by atoms with van der Waals surface area (Å²) < 4.78 is 0. The summed E-state index contributed by atoms with van der Waals surface area (Å²) in [4.78, 5) is 13.8. The Bertz CT molecular complexity index is 385. The molecule has 1 saturated heterocycles. The summed E-state index contributed by atoms with van der Waals surface area (Å²) in [6, 6.07) is 8.43. The van der Waals surface area contributed by atoms with E-state index in [-0.39, 0.29) is 18.3 Å². The first-order valence-corrected chi connectivity index (χ1v) is 6.23. The molecule has 3 nitrogen and oxygen atoms in total. The average molecular weight is 269 g/mol. The van der Waals surface area contributed by atoms with Gasteiger partial charge in [0.15, 0.2) is 0 Å². The minimum absolute atomic E-state index is 0. The number of anilines is 1. The molecule has 1 heterocycles. The summed E-state index contributed by atoms with van der Waals surface area (Å²) in [7, 11) is 1.85. The smallest absolute Gasteiger partial charge is 0.228 e. The van der Waals surface area contributed by atoms with Crippen molar-refractivity contribution in [2.24, 2.45) is 0 Å². The normalized spacial score (nSPS) is 18.2. The highest BCUT2D eigenvalue weighted by Gasteiger charge is 2.20. The maximum absolute atomic E-state index is 12.1. The number of carbonyl (C=O) groups excluding carboxylic acids is 1. The predicted octanol–water partition coefficient (Wildman–Crippen LogP) is 2.52. The van der Waals surface area contributed by atoms with Crippen LogP contribution in [-0.4, -0.2) is 25.5 Å².